The zero-order chi connectivity index (χ0) is 18.0. The molecule has 0 atom stereocenters. The highest BCUT2D eigenvalue weighted by molar-refractivity contribution is 6.99. The van der Waals surface area contributed by atoms with Crippen molar-refractivity contribution in [1.29, 1.82) is 0 Å². The van der Waals surface area contributed by atoms with E-state index in [0.717, 1.165) is 6.42 Å². The summed E-state index contributed by atoms with van der Waals surface area (Å²) in [5, 5.41) is 2.60. The smallest absolute Gasteiger partial charge is 0.262 e. The molecular formula is C22H28O2Si. The van der Waals surface area contributed by atoms with Crippen molar-refractivity contribution in [2.45, 2.75) is 37.8 Å². The first-order valence-electron chi connectivity index (χ1n) is 8.93. The third-order valence-corrected chi connectivity index (χ3v) is 10.2. The first kappa shape index (κ1) is 18.1. The number of hydrogen-bond acceptors (Lipinski definition) is 2. The van der Waals surface area contributed by atoms with Gasteiger partial charge in [0.05, 0.1) is 13.2 Å². The van der Waals surface area contributed by atoms with E-state index in [4.69, 9.17) is 9.16 Å². The minimum Gasteiger partial charge on any atom is -0.397 e. The molecule has 3 heteroatoms. The minimum absolute atomic E-state index is 0.0144. The lowest BCUT2D eigenvalue weighted by Gasteiger charge is -2.52. The quantitative estimate of drug-likeness (QED) is 0.580. The second kappa shape index (κ2) is 6.91. The lowest BCUT2D eigenvalue weighted by molar-refractivity contribution is -0.164. The van der Waals surface area contributed by atoms with Crippen LogP contribution in [0.2, 0.25) is 5.04 Å². The summed E-state index contributed by atoms with van der Waals surface area (Å²) in [5.41, 5.74) is -0.257. The Morgan fingerprint density at radius 3 is 1.80 bits per heavy atom. The van der Waals surface area contributed by atoms with Crippen LogP contribution in [0.1, 0.15) is 27.2 Å². The van der Waals surface area contributed by atoms with E-state index in [2.05, 4.69) is 88.0 Å². The minimum atomic E-state index is -2.52. The zero-order valence-electron chi connectivity index (χ0n) is 15.5. The number of benzene rings is 2. The van der Waals surface area contributed by atoms with Crippen LogP contribution in [-0.4, -0.2) is 27.1 Å². The Hall–Kier alpha value is -1.68. The largest absolute Gasteiger partial charge is 0.397 e. The normalized spacial score (nSPS) is 16.9. The average Bonchev–Trinajstić information content (AvgIpc) is 2.58. The Labute approximate surface area is 152 Å². The monoisotopic (exact) mass is 352 g/mol. The number of rotatable bonds is 6. The van der Waals surface area contributed by atoms with Crippen LogP contribution in [0.4, 0.5) is 0 Å². The highest BCUT2D eigenvalue weighted by atomic mass is 28.4. The summed E-state index contributed by atoms with van der Waals surface area (Å²) in [5.74, 6) is 0. The van der Waals surface area contributed by atoms with Crippen molar-refractivity contribution in [2.24, 2.45) is 0 Å². The van der Waals surface area contributed by atoms with E-state index >= 15 is 0 Å². The summed E-state index contributed by atoms with van der Waals surface area (Å²) in [6, 6.07) is 21.5. The first-order valence-corrected chi connectivity index (χ1v) is 10.8. The fraction of sp³-hybridized carbons (Fsp3) is 0.364. The molecule has 2 aromatic carbocycles. The van der Waals surface area contributed by atoms with E-state index in [-0.39, 0.29) is 10.6 Å². The second-order valence-corrected chi connectivity index (χ2v) is 12.2. The number of ether oxygens (including phenoxy) is 1. The molecule has 1 saturated heterocycles. The fourth-order valence-electron chi connectivity index (χ4n) is 3.79. The summed E-state index contributed by atoms with van der Waals surface area (Å²) >= 11 is 0. The second-order valence-electron chi connectivity index (χ2n) is 7.93. The topological polar surface area (TPSA) is 18.5 Å². The Morgan fingerprint density at radius 1 is 1.00 bits per heavy atom. The van der Waals surface area contributed by atoms with Gasteiger partial charge in [-0.25, -0.2) is 0 Å². The van der Waals surface area contributed by atoms with Crippen molar-refractivity contribution in [3.63, 3.8) is 0 Å². The third-order valence-electron chi connectivity index (χ3n) is 5.03. The van der Waals surface area contributed by atoms with Crippen LogP contribution in [0.15, 0.2) is 73.3 Å². The fourth-order valence-corrected chi connectivity index (χ4v) is 8.57. The molecule has 0 N–H and O–H groups in total. The maximum Gasteiger partial charge on any atom is 0.262 e. The summed E-state index contributed by atoms with van der Waals surface area (Å²) in [6.07, 6.45) is 2.78. The van der Waals surface area contributed by atoms with Crippen LogP contribution in [0, 0.1) is 0 Å². The van der Waals surface area contributed by atoms with Crippen molar-refractivity contribution < 1.29 is 9.16 Å². The van der Waals surface area contributed by atoms with Crippen LogP contribution in [0.5, 0.6) is 0 Å². The molecule has 2 aromatic rings. The first-order chi connectivity index (χ1) is 11.9. The summed E-state index contributed by atoms with van der Waals surface area (Å²) in [7, 11) is -2.52. The molecule has 0 unspecified atom stereocenters. The van der Waals surface area contributed by atoms with Gasteiger partial charge in [-0.05, 0) is 21.8 Å². The van der Waals surface area contributed by atoms with Gasteiger partial charge in [-0.1, -0.05) is 87.5 Å². The van der Waals surface area contributed by atoms with Gasteiger partial charge in [0, 0.05) is 0 Å². The van der Waals surface area contributed by atoms with E-state index in [9.17, 15) is 0 Å². The van der Waals surface area contributed by atoms with Crippen molar-refractivity contribution in [1.82, 2.24) is 0 Å². The van der Waals surface area contributed by atoms with Gasteiger partial charge in [0.1, 0.15) is 5.60 Å². The third kappa shape index (κ3) is 3.24. The van der Waals surface area contributed by atoms with Crippen molar-refractivity contribution in [3.8, 4) is 0 Å². The van der Waals surface area contributed by atoms with Crippen LogP contribution >= 0.6 is 0 Å². The molecule has 0 saturated carbocycles. The van der Waals surface area contributed by atoms with Gasteiger partial charge in [-0.2, -0.15) is 0 Å². The molecule has 0 bridgehead atoms. The molecule has 0 spiro atoms. The molecule has 0 aliphatic carbocycles. The van der Waals surface area contributed by atoms with Gasteiger partial charge in [0.2, 0.25) is 0 Å². The van der Waals surface area contributed by atoms with E-state index in [0.29, 0.717) is 13.2 Å². The Balaban J connectivity index is 2.21. The molecule has 0 amide bonds. The maximum absolute atomic E-state index is 7.18. The SMILES string of the molecule is C=CCC1(O[Si](c2ccccc2)(c2ccccc2)C(C)(C)C)COC1. The highest BCUT2D eigenvalue weighted by Gasteiger charge is 2.56. The molecule has 132 valence electrons. The molecule has 3 rings (SSSR count). The molecule has 25 heavy (non-hydrogen) atoms. The summed E-state index contributed by atoms with van der Waals surface area (Å²) in [4.78, 5) is 0. The predicted molar refractivity (Wildman–Crippen MR) is 107 cm³/mol. The van der Waals surface area contributed by atoms with Crippen LogP contribution < -0.4 is 10.4 Å². The number of hydrogen-bond donors (Lipinski definition) is 0. The van der Waals surface area contributed by atoms with E-state index in [1.54, 1.807) is 0 Å². The lowest BCUT2D eigenvalue weighted by Crippen LogP contribution is -2.72. The van der Waals surface area contributed by atoms with Crippen molar-refractivity contribution in [2.75, 3.05) is 13.2 Å². The average molecular weight is 353 g/mol. The van der Waals surface area contributed by atoms with Gasteiger partial charge >= 0.3 is 0 Å². The van der Waals surface area contributed by atoms with Crippen molar-refractivity contribution >= 4 is 18.7 Å². The van der Waals surface area contributed by atoms with Crippen LogP contribution in [-0.2, 0) is 9.16 Å². The molecule has 0 aromatic heterocycles. The molecule has 0 radical (unpaired) electrons. The van der Waals surface area contributed by atoms with Gasteiger partial charge in [-0.15, -0.1) is 6.58 Å². The maximum atomic E-state index is 7.18. The molecule has 1 aliphatic rings. The van der Waals surface area contributed by atoms with Crippen LogP contribution in [0.3, 0.4) is 0 Å². The molecule has 2 nitrogen and oxygen atoms in total. The van der Waals surface area contributed by atoms with Gasteiger partial charge in [0.25, 0.3) is 8.32 Å². The highest BCUT2D eigenvalue weighted by Crippen LogP contribution is 2.41. The molecule has 1 fully saturated rings. The molecule has 1 heterocycles. The molecular weight excluding hydrogens is 324 g/mol. The Bertz CT molecular complexity index is 660. The Morgan fingerprint density at radius 2 is 1.48 bits per heavy atom. The predicted octanol–water partition coefficient (Wildman–Crippen LogP) is 3.91. The lowest BCUT2D eigenvalue weighted by atomic mass is 9.98. The van der Waals surface area contributed by atoms with Gasteiger partial charge in [0.15, 0.2) is 0 Å². The zero-order valence-corrected chi connectivity index (χ0v) is 16.5. The Kier molecular flexibility index (Phi) is 5.01. The molecule has 1 aliphatic heterocycles. The van der Waals surface area contributed by atoms with E-state index < -0.39 is 8.32 Å². The van der Waals surface area contributed by atoms with Crippen molar-refractivity contribution in [3.05, 3.63) is 73.3 Å². The van der Waals surface area contributed by atoms with E-state index in [1.165, 1.54) is 10.4 Å². The summed E-state index contributed by atoms with van der Waals surface area (Å²) in [6.45, 7) is 12.1. The summed E-state index contributed by atoms with van der Waals surface area (Å²) < 4.78 is 12.8. The van der Waals surface area contributed by atoms with Gasteiger partial charge < -0.3 is 9.16 Å². The standard InChI is InChI=1S/C22H28O2Si/c1-5-16-22(17-23-18-22)24-25(21(2,3)4,19-12-8-6-9-13-19)20-14-10-7-11-15-20/h5-15H,1,16-18H2,2-4H3. The van der Waals surface area contributed by atoms with E-state index in [1.807, 2.05) is 6.08 Å². The van der Waals surface area contributed by atoms with Gasteiger partial charge in [-0.3, -0.25) is 0 Å². The van der Waals surface area contributed by atoms with Crippen LogP contribution in [0.25, 0.3) is 0 Å².